The molecule has 3 heterocycles. The average Bonchev–Trinajstić information content (AvgIpc) is 2.88. The molecule has 0 spiro atoms. The maximum absolute atomic E-state index is 12.2. The highest BCUT2D eigenvalue weighted by Crippen LogP contribution is 2.28. The molecule has 5 heteroatoms. The second kappa shape index (κ2) is 4.00. The number of pyridine rings is 1. The maximum Gasteiger partial charge on any atom is 0.276 e. The van der Waals surface area contributed by atoms with E-state index >= 15 is 0 Å². The molecule has 2 aliphatic heterocycles. The molecule has 0 unspecified atom stereocenters. The lowest BCUT2D eigenvalue weighted by molar-refractivity contribution is 0.0772. The van der Waals surface area contributed by atoms with Gasteiger partial charge < -0.3 is 15.3 Å². The lowest BCUT2D eigenvalue weighted by Gasteiger charge is -2.17. The van der Waals surface area contributed by atoms with Gasteiger partial charge in [-0.15, -0.1) is 0 Å². The predicted octanol–water partition coefficient (Wildman–Crippen LogP) is 0.0786. The molecular formula is C12H15N3O2. The Morgan fingerprint density at radius 3 is 2.76 bits per heavy atom. The lowest BCUT2D eigenvalue weighted by atomic mass is 10.0. The number of hydrogen-bond donors (Lipinski definition) is 2. The number of carbonyl (C=O) groups is 1. The number of aromatic nitrogens is 1. The van der Waals surface area contributed by atoms with Crippen LogP contribution in [0, 0.1) is 11.8 Å². The highest BCUT2D eigenvalue weighted by atomic mass is 16.3. The van der Waals surface area contributed by atoms with E-state index in [1.165, 1.54) is 12.3 Å². The number of nitrogens with zero attached hydrogens (tertiary/aromatic N) is 2. The van der Waals surface area contributed by atoms with E-state index in [1.54, 1.807) is 11.0 Å². The summed E-state index contributed by atoms with van der Waals surface area (Å²) in [5, 5.41) is 13.0. The molecule has 2 N–H and O–H groups in total. The Labute approximate surface area is 99.5 Å². The lowest BCUT2D eigenvalue weighted by Crippen LogP contribution is -2.32. The second-order valence-corrected chi connectivity index (χ2v) is 4.76. The van der Waals surface area contributed by atoms with E-state index in [1.807, 2.05) is 0 Å². The van der Waals surface area contributed by atoms with Crippen LogP contribution in [0.4, 0.5) is 0 Å². The zero-order valence-corrected chi connectivity index (χ0v) is 9.47. The summed E-state index contributed by atoms with van der Waals surface area (Å²) in [5.41, 5.74) is 0.167. The first-order valence-electron chi connectivity index (χ1n) is 5.89. The standard InChI is InChI=1S/C12H15N3O2/c16-10-2-1-3-14-11(10)12(17)15-6-8-4-13-5-9(8)7-15/h1-3,8-9,13,16H,4-7H2/t8-,9+. The molecule has 2 aliphatic rings. The van der Waals surface area contributed by atoms with Crippen molar-refractivity contribution in [3.05, 3.63) is 24.0 Å². The number of nitrogens with one attached hydrogen (secondary N) is 1. The molecule has 2 saturated heterocycles. The zero-order valence-electron chi connectivity index (χ0n) is 9.47. The first-order valence-corrected chi connectivity index (χ1v) is 5.89. The van der Waals surface area contributed by atoms with Gasteiger partial charge in [0, 0.05) is 32.4 Å². The molecule has 0 saturated carbocycles. The maximum atomic E-state index is 12.2. The highest BCUT2D eigenvalue weighted by Gasteiger charge is 2.38. The monoisotopic (exact) mass is 233 g/mol. The molecule has 17 heavy (non-hydrogen) atoms. The summed E-state index contributed by atoms with van der Waals surface area (Å²) in [6.45, 7) is 3.52. The van der Waals surface area contributed by atoms with Crippen molar-refractivity contribution in [1.82, 2.24) is 15.2 Å². The molecule has 2 atom stereocenters. The highest BCUT2D eigenvalue weighted by molar-refractivity contribution is 5.95. The molecule has 2 fully saturated rings. The normalized spacial score (nSPS) is 27.2. The van der Waals surface area contributed by atoms with Gasteiger partial charge in [0.25, 0.3) is 5.91 Å². The quantitative estimate of drug-likeness (QED) is 0.721. The van der Waals surface area contributed by atoms with E-state index < -0.39 is 0 Å². The van der Waals surface area contributed by atoms with Crippen molar-refractivity contribution >= 4 is 5.91 Å². The summed E-state index contributed by atoms with van der Waals surface area (Å²) in [6, 6.07) is 3.12. The molecule has 1 amide bonds. The van der Waals surface area contributed by atoms with E-state index in [0.29, 0.717) is 11.8 Å². The van der Waals surface area contributed by atoms with Crippen molar-refractivity contribution in [2.45, 2.75) is 0 Å². The average molecular weight is 233 g/mol. The van der Waals surface area contributed by atoms with Crippen molar-refractivity contribution in [3.63, 3.8) is 0 Å². The van der Waals surface area contributed by atoms with Gasteiger partial charge in [0.05, 0.1) is 0 Å². The smallest absolute Gasteiger partial charge is 0.276 e. The first kappa shape index (κ1) is 10.5. The topological polar surface area (TPSA) is 65.5 Å². The Balaban J connectivity index is 1.78. The molecule has 0 aliphatic carbocycles. The van der Waals surface area contributed by atoms with Crippen LogP contribution in [0.1, 0.15) is 10.5 Å². The number of aromatic hydroxyl groups is 1. The minimum Gasteiger partial charge on any atom is -0.505 e. The van der Waals surface area contributed by atoms with Gasteiger partial charge >= 0.3 is 0 Å². The van der Waals surface area contributed by atoms with Gasteiger partial charge in [0.2, 0.25) is 0 Å². The van der Waals surface area contributed by atoms with Crippen molar-refractivity contribution in [3.8, 4) is 5.75 Å². The third kappa shape index (κ3) is 1.76. The molecule has 0 radical (unpaired) electrons. The third-order valence-corrected chi connectivity index (χ3v) is 3.67. The minimum atomic E-state index is -0.155. The number of hydrogen-bond acceptors (Lipinski definition) is 4. The molecule has 0 aromatic carbocycles. The Hall–Kier alpha value is -1.62. The van der Waals surface area contributed by atoms with Gasteiger partial charge in [0.15, 0.2) is 5.69 Å². The van der Waals surface area contributed by atoms with Gasteiger partial charge in [0.1, 0.15) is 5.75 Å². The zero-order chi connectivity index (χ0) is 11.8. The summed E-state index contributed by atoms with van der Waals surface area (Å²) >= 11 is 0. The molecule has 5 nitrogen and oxygen atoms in total. The summed E-state index contributed by atoms with van der Waals surface area (Å²) in [5.74, 6) is 0.930. The van der Waals surface area contributed by atoms with Gasteiger partial charge in [-0.05, 0) is 24.0 Å². The Kier molecular flexibility index (Phi) is 2.48. The fourth-order valence-electron chi connectivity index (χ4n) is 2.73. The van der Waals surface area contributed by atoms with E-state index in [9.17, 15) is 9.90 Å². The Morgan fingerprint density at radius 1 is 1.41 bits per heavy atom. The van der Waals surface area contributed by atoms with Crippen LogP contribution in [0.5, 0.6) is 5.75 Å². The summed E-state index contributed by atoms with van der Waals surface area (Å²) in [7, 11) is 0. The van der Waals surface area contributed by atoms with E-state index in [-0.39, 0.29) is 17.4 Å². The van der Waals surface area contributed by atoms with Crippen LogP contribution in [0.2, 0.25) is 0 Å². The number of likely N-dealkylation sites (tertiary alicyclic amines) is 1. The van der Waals surface area contributed by atoms with Crippen molar-refractivity contribution in [2.24, 2.45) is 11.8 Å². The number of carbonyl (C=O) groups excluding carboxylic acids is 1. The SMILES string of the molecule is O=C(c1ncccc1O)N1C[C@H]2CNC[C@H]2C1. The Morgan fingerprint density at radius 2 is 2.12 bits per heavy atom. The number of fused-ring (bicyclic) bond motifs is 1. The van der Waals surface area contributed by atoms with E-state index in [0.717, 1.165) is 26.2 Å². The number of rotatable bonds is 1. The first-order chi connectivity index (χ1) is 8.25. The van der Waals surface area contributed by atoms with Crippen molar-refractivity contribution in [2.75, 3.05) is 26.2 Å². The molecular weight excluding hydrogens is 218 g/mol. The molecule has 1 aromatic rings. The van der Waals surface area contributed by atoms with Crippen LogP contribution < -0.4 is 5.32 Å². The van der Waals surface area contributed by atoms with Crippen LogP contribution in [0.3, 0.4) is 0 Å². The van der Waals surface area contributed by atoms with Crippen LogP contribution in [-0.4, -0.2) is 47.1 Å². The number of amides is 1. The molecule has 1 aromatic heterocycles. The van der Waals surface area contributed by atoms with E-state index in [2.05, 4.69) is 10.3 Å². The van der Waals surface area contributed by atoms with Gasteiger partial charge in [-0.1, -0.05) is 0 Å². The summed E-state index contributed by atoms with van der Waals surface area (Å²) in [4.78, 5) is 17.9. The fourth-order valence-corrected chi connectivity index (χ4v) is 2.73. The summed E-state index contributed by atoms with van der Waals surface area (Å²) < 4.78 is 0. The predicted molar refractivity (Wildman–Crippen MR) is 61.7 cm³/mol. The van der Waals surface area contributed by atoms with Gasteiger partial charge in [-0.2, -0.15) is 0 Å². The van der Waals surface area contributed by atoms with Crippen molar-refractivity contribution in [1.29, 1.82) is 0 Å². The van der Waals surface area contributed by atoms with Crippen molar-refractivity contribution < 1.29 is 9.90 Å². The fraction of sp³-hybridized carbons (Fsp3) is 0.500. The molecule has 3 rings (SSSR count). The van der Waals surface area contributed by atoms with Crippen LogP contribution >= 0.6 is 0 Å². The van der Waals surface area contributed by atoms with Crippen LogP contribution in [0.25, 0.3) is 0 Å². The third-order valence-electron chi connectivity index (χ3n) is 3.67. The van der Waals surface area contributed by atoms with Crippen LogP contribution in [-0.2, 0) is 0 Å². The molecule has 90 valence electrons. The summed E-state index contributed by atoms with van der Waals surface area (Å²) in [6.07, 6.45) is 1.53. The second-order valence-electron chi connectivity index (χ2n) is 4.76. The molecule has 0 bridgehead atoms. The van der Waals surface area contributed by atoms with Gasteiger partial charge in [-0.25, -0.2) is 4.98 Å². The minimum absolute atomic E-state index is 0.0346. The van der Waals surface area contributed by atoms with Gasteiger partial charge in [-0.3, -0.25) is 4.79 Å². The van der Waals surface area contributed by atoms with E-state index in [4.69, 9.17) is 0 Å². The van der Waals surface area contributed by atoms with Crippen LogP contribution in [0.15, 0.2) is 18.3 Å². The largest absolute Gasteiger partial charge is 0.505 e. The Bertz CT molecular complexity index is 437.